The van der Waals surface area contributed by atoms with E-state index in [9.17, 15) is 0 Å². The molecule has 0 aromatic carbocycles. The van der Waals surface area contributed by atoms with E-state index in [0.717, 1.165) is 56.7 Å². The Morgan fingerprint density at radius 3 is 2.62 bits per heavy atom. The molecular weight excluding hydrogens is 326 g/mol. The maximum absolute atomic E-state index is 4.86. The van der Waals surface area contributed by atoms with E-state index in [2.05, 4.69) is 42.9 Å². The number of aromatic nitrogens is 4. The highest BCUT2D eigenvalue weighted by atomic mass is 15.4. The number of piperidine rings is 1. The largest absolute Gasteiger partial charge is 0.353 e. The zero-order valence-corrected chi connectivity index (χ0v) is 15.5. The Bertz CT molecular complexity index is 700. The van der Waals surface area contributed by atoms with Crippen LogP contribution < -0.4 is 14.7 Å². The lowest BCUT2D eigenvalue weighted by Gasteiger charge is -2.37. The van der Waals surface area contributed by atoms with Crippen LogP contribution in [0.1, 0.15) is 32.6 Å². The molecule has 26 heavy (non-hydrogen) atoms. The molecule has 0 radical (unpaired) electrons. The number of piperazine rings is 1. The van der Waals surface area contributed by atoms with Crippen LogP contribution in [0.5, 0.6) is 0 Å². The van der Waals surface area contributed by atoms with E-state index in [-0.39, 0.29) is 0 Å². The first-order valence-electron chi connectivity index (χ1n) is 9.72. The number of hydrogen-bond donors (Lipinski definition) is 0. The summed E-state index contributed by atoms with van der Waals surface area (Å²) in [5.41, 5.74) is 0. The summed E-state index contributed by atoms with van der Waals surface area (Å²) in [6.45, 7) is 6.95. The number of nitrogens with zero attached hydrogens (tertiary/aromatic N) is 7. The maximum Gasteiger partial charge on any atom is 0.247 e. The number of hydrogen-bond acceptors (Lipinski definition) is 7. The van der Waals surface area contributed by atoms with Crippen molar-refractivity contribution < 1.29 is 0 Å². The van der Waals surface area contributed by atoms with Crippen LogP contribution in [0.25, 0.3) is 0 Å². The first-order valence-corrected chi connectivity index (χ1v) is 9.72. The van der Waals surface area contributed by atoms with Crippen molar-refractivity contribution in [1.82, 2.24) is 20.2 Å². The van der Waals surface area contributed by atoms with Gasteiger partial charge in [-0.05, 0) is 37.8 Å². The number of anilines is 3. The zero-order valence-electron chi connectivity index (χ0n) is 15.5. The van der Waals surface area contributed by atoms with Gasteiger partial charge in [-0.25, -0.2) is 4.98 Å². The minimum absolute atomic E-state index is 0.578. The van der Waals surface area contributed by atoms with Gasteiger partial charge in [0.25, 0.3) is 0 Å². The summed E-state index contributed by atoms with van der Waals surface area (Å²) in [6.07, 6.45) is 8.62. The second kappa shape index (κ2) is 7.85. The molecule has 4 rings (SSSR count). The van der Waals surface area contributed by atoms with Gasteiger partial charge in [-0.15, -0.1) is 5.10 Å². The lowest BCUT2D eigenvalue weighted by Crippen LogP contribution is -2.47. The lowest BCUT2D eigenvalue weighted by atomic mass is 10.0. The summed E-state index contributed by atoms with van der Waals surface area (Å²) in [5, 5.41) is 8.57. The van der Waals surface area contributed by atoms with Gasteiger partial charge >= 0.3 is 0 Å². The van der Waals surface area contributed by atoms with Gasteiger partial charge < -0.3 is 14.7 Å². The Labute approximate surface area is 155 Å². The van der Waals surface area contributed by atoms with Crippen LogP contribution in [0.4, 0.5) is 17.6 Å². The van der Waals surface area contributed by atoms with E-state index in [1.807, 2.05) is 24.5 Å². The molecule has 1 unspecified atom stereocenters. The normalized spacial score (nSPS) is 21.1. The Balaban J connectivity index is 1.44. The molecule has 7 heteroatoms. The van der Waals surface area contributed by atoms with Crippen LogP contribution in [0.3, 0.4) is 0 Å². The summed E-state index contributed by atoms with van der Waals surface area (Å²) in [4.78, 5) is 16.3. The van der Waals surface area contributed by atoms with Gasteiger partial charge in [0.05, 0.1) is 6.20 Å². The quantitative estimate of drug-likeness (QED) is 0.836. The molecule has 2 fully saturated rings. The highest BCUT2D eigenvalue weighted by molar-refractivity contribution is 5.45. The van der Waals surface area contributed by atoms with Gasteiger partial charge in [0, 0.05) is 45.0 Å². The van der Waals surface area contributed by atoms with Crippen LogP contribution in [0.15, 0.2) is 30.6 Å². The van der Waals surface area contributed by atoms with E-state index in [0.29, 0.717) is 6.04 Å². The van der Waals surface area contributed by atoms with Crippen molar-refractivity contribution in [3.63, 3.8) is 0 Å². The summed E-state index contributed by atoms with van der Waals surface area (Å²) >= 11 is 0. The van der Waals surface area contributed by atoms with Gasteiger partial charge in [0.2, 0.25) is 5.95 Å². The van der Waals surface area contributed by atoms with Crippen molar-refractivity contribution >= 4 is 17.6 Å². The van der Waals surface area contributed by atoms with Gasteiger partial charge in [0.15, 0.2) is 5.82 Å². The molecule has 2 aromatic rings. The van der Waals surface area contributed by atoms with Gasteiger partial charge in [-0.2, -0.15) is 10.1 Å². The van der Waals surface area contributed by atoms with E-state index in [1.165, 1.54) is 19.3 Å². The van der Waals surface area contributed by atoms with Crippen molar-refractivity contribution in [1.29, 1.82) is 0 Å². The molecule has 1 atom stereocenters. The van der Waals surface area contributed by atoms with Crippen molar-refractivity contribution in [2.24, 2.45) is 0 Å². The molecule has 2 aliphatic rings. The molecule has 2 aliphatic heterocycles. The monoisotopic (exact) mass is 353 g/mol. The minimum Gasteiger partial charge on any atom is -0.353 e. The molecule has 0 spiro atoms. The fourth-order valence-electron chi connectivity index (χ4n) is 3.96. The average molecular weight is 353 g/mol. The smallest absolute Gasteiger partial charge is 0.247 e. The second-order valence-corrected chi connectivity index (χ2v) is 7.03. The Hall–Kier alpha value is -2.44. The molecule has 2 saturated heterocycles. The van der Waals surface area contributed by atoms with Gasteiger partial charge in [-0.1, -0.05) is 13.0 Å². The Morgan fingerprint density at radius 1 is 1.00 bits per heavy atom. The number of rotatable bonds is 4. The maximum atomic E-state index is 4.86. The third-order valence-corrected chi connectivity index (χ3v) is 5.46. The topological polar surface area (TPSA) is 61.3 Å². The predicted molar refractivity (Wildman–Crippen MR) is 104 cm³/mol. The highest BCUT2D eigenvalue weighted by Crippen LogP contribution is 2.25. The van der Waals surface area contributed by atoms with Crippen LogP contribution in [-0.2, 0) is 0 Å². The molecular formula is C19H27N7. The standard InChI is InChI=1S/C19H27N7/c1-2-16-7-4-6-10-26(16)18-15-21-23-19(22-18)25-13-11-24(12-14-25)17-8-3-5-9-20-17/h3,5,8-9,15-16H,2,4,6-7,10-14H2,1H3. The average Bonchev–Trinajstić information content (AvgIpc) is 2.74. The van der Waals surface area contributed by atoms with Crippen LogP contribution in [-0.4, -0.2) is 58.9 Å². The zero-order chi connectivity index (χ0) is 17.8. The van der Waals surface area contributed by atoms with Crippen molar-refractivity contribution in [3.05, 3.63) is 30.6 Å². The Kier molecular flexibility index (Phi) is 5.13. The minimum atomic E-state index is 0.578. The molecule has 4 heterocycles. The first kappa shape index (κ1) is 17.0. The van der Waals surface area contributed by atoms with Gasteiger partial charge in [0.1, 0.15) is 5.82 Å². The lowest BCUT2D eigenvalue weighted by molar-refractivity contribution is 0.445. The Morgan fingerprint density at radius 2 is 1.85 bits per heavy atom. The van der Waals surface area contributed by atoms with E-state index < -0.39 is 0 Å². The second-order valence-electron chi connectivity index (χ2n) is 7.03. The van der Waals surface area contributed by atoms with Crippen LogP contribution >= 0.6 is 0 Å². The third kappa shape index (κ3) is 3.57. The van der Waals surface area contributed by atoms with E-state index in [1.54, 1.807) is 0 Å². The van der Waals surface area contributed by atoms with Crippen molar-refractivity contribution in [3.8, 4) is 0 Å². The van der Waals surface area contributed by atoms with E-state index >= 15 is 0 Å². The first-order chi connectivity index (χ1) is 12.8. The number of pyridine rings is 1. The summed E-state index contributed by atoms with van der Waals surface area (Å²) in [7, 11) is 0. The fraction of sp³-hybridized carbons (Fsp3) is 0.579. The summed E-state index contributed by atoms with van der Waals surface area (Å²) in [5.74, 6) is 2.77. The predicted octanol–water partition coefficient (Wildman–Crippen LogP) is 2.36. The molecule has 0 N–H and O–H groups in total. The van der Waals surface area contributed by atoms with E-state index in [4.69, 9.17) is 4.98 Å². The molecule has 0 aliphatic carbocycles. The SMILES string of the molecule is CCC1CCCCN1c1cnnc(N2CCN(c3ccccn3)CC2)n1. The third-order valence-electron chi connectivity index (χ3n) is 5.46. The summed E-state index contributed by atoms with van der Waals surface area (Å²) in [6, 6.07) is 6.63. The van der Waals surface area contributed by atoms with Gasteiger partial charge in [-0.3, -0.25) is 0 Å². The van der Waals surface area contributed by atoms with Crippen LogP contribution in [0, 0.1) is 0 Å². The highest BCUT2D eigenvalue weighted by Gasteiger charge is 2.25. The molecule has 0 saturated carbocycles. The summed E-state index contributed by atoms with van der Waals surface area (Å²) < 4.78 is 0. The van der Waals surface area contributed by atoms with Crippen molar-refractivity contribution in [2.45, 2.75) is 38.6 Å². The molecule has 0 bridgehead atoms. The fourth-order valence-corrected chi connectivity index (χ4v) is 3.96. The van der Waals surface area contributed by atoms with Crippen molar-refractivity contribution in [2.75, 3.05) is 47.4 Å². The molecule has 0 amide bonds. The molecule has 138 valence electrons. The molecule has 2 aromatic heterocycles. The van der Waals surface area contributed by atoms with Crippen LogP contribution in [0.2, 0.25) is 0 Å². The molecule has 7 nitrogen and oxygen atoms in total.